The van der Waals surface area contributed by atoms with Crippen LogP contribution < -0.4 is 10.1 Å². The molecule has 164 valence electrons. The molecule has 1 fully saturated rings. The number of nitrogens with zero attached hydrogens (tertiary/aromatic N) is 2. The molecule has 2 heterocycles. The normalized spacial score (nSPS) is 14.8. The van der Waals surface area contributed by atoms with Gasteiger partial charge in [-0.05, 0) is 51.8 Å². The Hall–Kier alpha value is -2.04. The standard InChI is InChI=1S/C20H27N3O5S2/c1-4-27-18-8-7-16(11-19(18)30(25,26)23-9-5-6-10-23)21-20(24)13-29-12-17-14(2)22-28-15(17)3/h7-8,11H,4-6,9-10,12-13H2,1-3H3,(H,21,24). The molecule has 1 aromatic carbocycles. The molecule has 1 aliphatic rings. The van der Waals surface area contributed by atoms with E-state index in [2.05, 4.69) is 10.5 Å². The number of carbonyl (C=O) groups excluding carboxylic acids is 1. The molecule has 0 saturated carbocycles. The second kappa shape index (κ2) is 9.84. The van der Waals surface area contributed by atoms with Gasteiger partial charge in [0.25, 0.3) is 0 Å². The SMILES string of the molecule is CCOc1ccc(NC(=O)CSCc2c(C)noc2C)cc1S(=O)(=O)N1CCCC1. The Labute approximate surface area is 181 Å². The summed E-state index contributed by atoms with van der Waals surface area (Å²) in [5.74, 6) is 1.69. The van der Waals surface area contributed by atoms with E-state index < -0.39 is 10.0 Å². The molecular weight excluding hydrogens is 426 g/mol. The average Bonchev–Trinajstić information content (AvgIpc) is 3.35. The van der Waals surface area contributed by atoms with E-state index in [1.807, 2.05) is 13.8 Å². The van der Waals surface area contributed by atoms with E-state index in [9.17, 15) is 13.2 Å². The summed E-state index contributed by atoms with van der Waals surface area (Å²) in [6.07, 6.45) is 1.70. The minimum absolute atomic E-state index is 0.0902. The van der Waals surface area contributed by atoms with Crippen molar-refractivity contribution in [1.82, 2.24) is 9.46 Å². The molecule has 1 saturated heterocycles. The van der Waals surface area contributed by atoms with Gasteiger partial charge >= 0.3 is 0 Å². The molecule has 3 rings (SSSR count). The molecule has 0 spiro atoms. The third kappa shape index (κ3) is 5.16. The quantitative estimate of drug-likeness (QED) is 0.621. The predicted molar refractivity (Wildman–Crippen MR) is 116 cm³/mol. The maximum Gasteiger partial charge on any atom is 0.246 e. The van der Waals surface area contributed by atoms with E-state index in [1.165, 1.54) is 22.1 Å². The smallest absolute Gasteiger partial charge is 0.246 e. The van der Waals surface area contributed by atoms with E-state index in [0.29, 0.717) is 36.9 Å². The van der Waals surface area contributed by atoms with E-state index in [4.69, 9.17) is 9.26 Å². The predicted octanol–water partition coefficient (Wildman–Crippen LogP) is 3.35. The highest BCUT2D eigenvalue weighted by Gasteiger charge is 2.30. The number of hydrogen-bond donors (Lipinski definition) is 1. The Morgan fingerprint density at radius 2 is 2.03 bits per heavy atom. The molecule has 0 atom stereocenters. The zero-order valence-electron chi connectivity index (χ0n) is 17.4. The number of ether oxygens (including phenoxy) is 1. The van der Waals surface area contributed by atoms with E-state index in [0.717, 1.165) is 29.9 Å². The Balaban J connectivity index is 1.69. The first-order chi connectivity index (χ1) is 14.3. The summed E-state index contributed by atoms with van der Waals surface area (Å²) in [5, 5.41) is 6.69. The van der Waals surface area contributed by atoms with Crippen molar-refractivity contribution in [1.29, 1.82) is 0 Å². The van der Waals surface area contributed by atoms with Crippen molar-refractivity contribution in [2.24, 2.45) is 0 Å². The number of sulfonamides is 1. The molecule has 0 unspecified atom stereocenters. The summed E-state index contributed by atoms with van der Waals surface area (Å²) < 4.78 is 38.2. The molecule has 1 aromatic heterocycles. The fourth-order valence-corrected chi connectivity index (χ4v) is 5.93. The molecule has 8 nitrogen and oxygen atoms in total. The van der Waals surface area contributed by atoms with Gasteiger partial charge in [0.15, 0.2) is 0 Å². The number of benzene rings is 1. The summed E-state index contributed by atoms with van der Waals surface area (Å²) >= 11 is 1.44. The first-order valence-electron chi connectivity index (χ1n) is 9.89. The minimum atomic E-state index is -3.67. The summed E-state index contributed by atoms with van der Waals surface area (Å²) in [5.41, 5.74) is 2.25. The fraction of sp³-hybridized carbons (Fsp3) is 0.500. The van der Waals surface area contributed by atoms with Gasteiger partial charge in [0.2, 0.25) is 15.9 Å². The topological polar surface area (TPSA) is 102 Å². The van der Waals surface area contributed by atoms with Gasteiger partial charge in [-0.15, -0.1) is 11.8 Å². The minimum Gasteiger partial charge on any atom is -0.492 e. The summed E-state index contributed by atoms with van der Waals surface area (Å²) in [6, 6.07) is 4.74. The number of hydrogen-bond acceptors (Lipinski definition) is 7. The Bertz CT molecular complexity index is 978. The lowest BCUT2D eigenvalue weighted by molar-refractivity contribution is -0.113. The van der Waals surface area contributed by atoms with Gasteiger partial charge < -0.3 is 14.6 Å². The maximum absolute atomic E-state index is 13.0. The van der Waals surface area contributed by atoms with Crippen molar-refractivity contribution in [2.75, 3.05) is 30.8 Å². The van der Waals surface area contributed by atoms with Crippen LogP contribution in [-0.4, -0.2) is 49.2 Å². The second-order valence-electron chi connectivity index (χ2n) is 7.05. The lowest BCUT2D eigenvalue weighted by Crippen LogP contribution is -2.28. The maximum atomic E-state index is 13.0. The number of nitrogens with one attached hydrogen (secondary N) is 1. The number of rotatable bonds is 9. The summed E-state index contributed by atoms with van der Waals surface area (Å²) in [4.78, 5) is 12.5. The number of aromatic nitrogens is 1. The first kappa shape index (κ1) is 22.6. The molecule has 1 N–H and O–H groups in total. The molecule has 0 aliphatic carbocycles. The Morgan fingerprint density at radius 3 is 2.67 bits per heavy atom. The third-order valence-corrected chi connectivity index (χ3v) is 7.75. The van der Waals surface area contributed by atoms with Crippen molar-refractivity contribution in [2.45, 2.75) is 44.3 Å². The Kier molecular flexibility index (Phi) is 7.43. The monoisotopic (exact) mass is 453 g/mol. The first-order valence-corrected chi connectivity index (χ1v) is 12.5. The molecular formula is C20H27N3O5S2. The zero-order valence-corrected chi connectivity index (χ0v) is 19.1. The number of amides is 1. The van der Waals surface area contributed by atoms with Gasteiger partial charge in [0.05, 0.1) is 18.1 Å². The molecule has 10 heteroatoms. The van der Waals surface area contributed by atoms with Crippen LogP contribution in [0.3, 0.4) is 0 Å². The number of anilines is 1. The van der Waals surface area contributed by atoms with Crippen molar-refractivity contribution >= 4 is 33.4 Å². The molecule has 1 aliphatic heterocycles. The zero-order chi connectivity index (χ0) is 21.7. The lowest BCUT2D eigenvalue weighted by atomic mass is 10.2. The van der Waals surface area contributed by atoms with Crippen LogP contribution in [0.5, 0.6) is 5.75 Å². The van der Waals surface area contributed by atoms with Crippen LogP contribution in [0.2, 0.25) is 0 Å². The van der Waals surface area contributed by atoms with Gasteiger partial charge in [0, 0.05) is 30.1 Å². The molecule has 2 aromatic rings. The van der Waals surface area contributed by atoms with Crippen LogP contribution in [0.25, 0.3) is 0 Å². The van der Waals surface area contributed by atoms with Gasteiger partial charge in [-0.2, -0.15) is 4.31 Å². The highest BCUT2D eigenvalue weighted by Crippen LogP contribution is 2.31. The van der Waals surface area contributed by atoms with Crippen LogP contribution in [0.4, 0.5) is 5.69 Å². The van der Waals surface area contributed by atoms with Gasteiger partial charge in [-0.25, -0.2) is 8.42 Å². The van der Waals surface area contributed by atoms with Crippen LogP contribution in [0, 0.1) is 13.8 Å². The van der Waals surface area contributed by atoms with Crippen molar-refractivity contribution in [3.63, 3.8) is 0 Å². The van der Waals surface area contributed by atoms with Crippen LogP contribution in [0.15, 0.2) is 27.6 Å². The van der Waals surface area contributed by atoms with Crippen LogP contribution >= 0.6 is 11.8 Å². The van der Waals surface area contributed by atoms with Crippen LogP contribution in [-0.2, 0) is 20.6 Å². The largest absolute Gasteiger partial charge is 0.492 e. The van der Waals surface area contributed by atoms with E-state index in [-0.39, 0.29) is 16.6 Å². The van der Waals surface area contributed by atoms with Crippen LogP contribution in [0.1, 0.15) is 36.8 Å². The number of carbonyl (C=O) groups is 1. The fourth-order valence-electron chi connectivity index (χ4n) is 3.28. The summed E-state index contributed by atoms with van der Waals surface area (Å²) in [7, 11) is -3.67. The molecule has 30 heavy (non-hydrogen) atoms. The third-order valence-electron chi connectivity index (χ3n) is 4.87. The van der Waals surface area contributed by atoms with Crippen molar-refractivity contribution in [3.05, 3.63) is 35.2 Å². The van der Waals surface area contributed by atoms with Gasteiger partial charge in [-0.1, -0.05) is 5.16 Å². The van der Waals surface area contributed by atoms with Gasteiger partial charge in [-0.3, -0.25) is 4.79 Å². The van der Waals surface area contributed by atoms with Crippen molar-refractivity contribution < 1.29 is 22.5 Å². The van der Waals surface area contributed by atoms with Gasteiger partial charge in [0.1, 0.15) is 16.4 Å². The Morgan fingerprint density at radius 1 is 1.30 bits per heavy atom. The molecule has 0 bridgehead atoms. The average molecular weight is 454 g/mol. The second-order valence-corrected chi connectivity index (χ2v) is 9.94. The molecule has 1 amide bonds. The highest BCUT2D eigenvalue weighted by molar-refractivity contribution is 7.99. The van der Waals surface area contributed by atoms with Crippen molar-refractivity contribution in [3.8, 4) is 5.75 Å². The number of thioether (sulfide) groups is 1. The summed E-state index contributed by atoms with van der Waals surface area (Å²) in [6.45, 7) is 6.88. The van der Waals surface area contributed by atoms with E-state index in [1.54, 1.807) is 19.1 Å². The highest BCUT2D eigenvalue weighted by atomic mass is 32.2. The lowest BCUT2D eigenvalue weighted by Gasteiger charge is -2.19. The number of aryl methyl sites for hydroxylation is 2. The molecule has 0 radical (unpaired) electrons. The van der Waals surface area contributed by atoms with E-state index >= 15 is 0 Å².